The first-order valence-corrected chi connectivity index (χ1v) is 2.38. The van der Waals surface area contributed by atoms with Crippen LogP contribution in [0.2, 0.25) is 0 Å². The van der Waals surface area contributed by atoms with Crippen LogP contribution in [-0.2, 0) is 0 Å². The minimum atomic E-state index is 0.503. The number of hydrogen-bond donors (Lipinski definition) is 1. The molecule has 0 unspecified atom stereocenters. The van der Waals surface area contributed by atoms with E-state index in [1.807, 2.05) is 0 Å². The van der Waals surface area contributed by atoms with Gasteiger partial charge in [0.05, 0.1) is 12.4 Å². The highest BCUT2D eigenvalue weighted by atomic mass is 15.1. The van der Waals surface area contributed by atoms with Crippen molar-refractivity contribution in [3.05, 3.63) is 0 Å². The zero-order valence-corrected chi connectivity index (χ0v) is 5.23. The summed E-state index contributed by atoms with van der Waals surface area (Å²) in [4.78, 5) is 1.69. The predicted molar refractivity (Wildman–Crippen MR) is 34.9 cm³/mol. The maximum Gasteiger partial charge on any atom is 0.0931 e. The van der Waals surface area contributed by atoms with E-state index in [1.165, 1.54) is 0 Å². The molecule has 0 aromatic carbocycles. The number of terminal acetylenes is 1. The Hall–Kier alpha value is -0.970. The molecule has 0 aliphatic carbocycles. The van der Waals surface area contributed by atoms with Crippen molar-refractivity contribution < 1.29 is 0 Å². The Morgan fingerprint density at radius 2 is 2.38 bits per heavy atom. The first-order chi connectivity index (χ1) is 3.68. The van der Waals surface area contributed by atoms with E-state index in [2.05, 4.69) is 5.92 Å². The van der Waals surface area contributed by atoms with Crippen molar-refractivity contribution in [2.75, 3.05) is 13.6 Å². The van der Waals surface area contributed by atoms with E-state index in [0.29, 0.717) is 12.4 Å². The highest BCUT2D eigenvalue weighted by molar-refractivity contribution is 5.76. The number of nitrogens with one attached hydrogen (secondary N) is 1. The van der Waals surface area contributed by atoms with Gasteiger partial charge in [0.15, 0.2) is 0 Å². The van der Waals surface area contributed by atoms with Gasteiger partial charge in [0.25, 0.3) is 0 Å². The normalized spacial score (nSPS) is 7.62. The van der Waals surface area contributed by atoms with Gasteiger partial charge >= 0.3 is 0 Å². The van der Waals surface area contributed by atoms with Gasteiger partial charge in [-0.1, -0.05) is 5.92 Å². The summed E-state index contributed by atoms with van der Waals surface area (Å²) in [5, 5.41) is 7.03. The van der Waals surface area contributed by atoms with Gasteiger partial charge in [-0.05, 0) is 6.92 Å². The van der Waals surface area contributed by atoms with Gasteiger partial charge in [0.2, 0.25) is 0 Å². The molecule has 0 amide bonds. The Balaban J connectivity index is 3.52. The van der Waals surface area contributed by atoms with Gasteiger partial charge in [-0.2, -0.15) is 0 Å². The van der Waals surface area contributed by atoms with Crippen LogP contribution in [0.4, 0.5) is 0 Å². The molecule has 0 atom stereocenters. The van der Waals surface area contributed by atoms with E-state index >= 15 is 0 Å². The topological polar surface area (TPSA) is 27.1 Å². The van der Waals surface area contributed by atoms with Crippen LogP contribution < -0.4 is 0 Å². The summed E-state index contributed by atoms with van der Waals surface area (Å²) in [5.74, 6) is 2.94. The van der Waals surface area contributed by atoms with Gasteiger partial charge in [-0.3, -0.25) is 5.41 Å². The Labute approximate surface area is 50.0 Å². The molecule has 0 aromatic rings. The summed E-state index contributed by atoms with van der Waals surface area (Å²) >= 11 is 0. The fraction of sp³-hybridized carbons (Fsp3) is 0.500. The lowest BCUT2D eigenvalue weighted by molar-refractivity contribution is 0.565. The molecule has 0 aliphatic heterocycles. The summed E-state index contributed by atoms with van der Waals surface area (Å²) in [7, 11) is 1.79. The number of rotatable bonds is 1. The van der Waals surface area contributed by atoms with Crippen LogP contribution in [0.3, 0.4) is 0 Å². The van der Waals surface area contributed by atoms with E-state index in [4.69, 9.17) is 11.8 Å². The monoisotopic (exact) mass is 110 g/mol. The second kappa shape index (κ2) is 3.09. The average molecular weight is 110 g/mol. The van der Waals surface area contributed by atoms with Crippen LogP contribution in [-0.4, -0.2) is 24.3 Å². The third kappa shape index (κ3) is 2.25. The van der Waals surface area contributed by atoms with Crippen molar-refractivity contribution in [3.8, 4) is 12.3 Å². The first-order valence-electron chi connectivity index (χ1n) is 2.38. The lowest BCUT2D eigenvalue weighted by Crippen LogP contribution is -2.22. The Bertz CT molecular complexity index is 121. The summed E-state index contributed by atoms with van der Waals surface area (Å²) in [6.07, 6.45) is 4.98. The van der Waals surface area contributed by atoms with Crippen molar-refractivity contribution in [2.24, 2.45) is 0 Å². The van der Waals surface area contributed by atoms with E-state index < -0.39 is 0 Å². The van der Waals surface area contributed by atoms with Crippen LogP contribution >= 0.6 is 0 Å². The second-order valence-electron chi connectivity index (χ2n) is 1.65. The van der Waals surface area contributed by atoms with Gasteiger partial charge in [0, 0.05) is 7.05 Å². The van der Waals surface area contributed by atoms with Gasteiger partial charge in [-0.25, -0.2) is 0 Å². The molecule has 0 fully saturated rings. The summed E-state index contributed by atoms with van der Waals surface area (Å²) in [5.41, 5.74) is 0. The largest absolute Gasteiger partial charge is 0.353 e. The predicted octanol–water partition coefficient (Wildman–Crippen LogP) is 0.549. The molecule has 8 heavy (non-hydrogen) atoms. The highest BCUT2D eigenvalue weighted by Gasteiger charge is 1.91. The van der Waals surface area contributed by atoms with Crippen molar-refractivity contribution in [1.29, 1.82) is 5.41 Å². The maximum absolute atomic E-state index is 7.03. The number of amidine groups is 1. The minimum absolute atomic E-state index is 0.503. The Morgan fingerprint density at radius 1 is 1.88 bits per heavy atom. The SMILES string of the molecule is C#CCN(C)C(C)=N. The van der Waals surface area contributed by atoms with Crippen LogP contribution in [0.5, 0.6) is 0 Å². The molecule has 0 saturated carbocycles. The lowest BCUT2D eigenvalue weighted by atomic mass is 10.5. The second-order valence-corrected chi connectivity index (χ2v) is 1.65. The molecule has 2 nitrogen and oxygen atoms in total. The molecule has 0 heterocycles. The minimum Gasteiger partial charge on any atom is -0.353 e. The van der Waals surface area contributed by atoms with Crippen molar-refractivity contribution in [1.82, 2.24) is 4.90 Å². The third-order valence-corrected chi connectivity index (χ3v) is 0.901. The zero-order valence-electron chi connectivity index (χ0n) is 5.23. The number of nitrogens with zero attached hydrogens (tertiary/aromatic N) is 1. The molecule has 0 rings (SSSR count). The van der Waals surface area contributed by atoms with Gasteiger partial charge < -0.3 is 4.90 Å². The molecule has 0 bridgehead atoms. The summed E-state index contributed by atoms with van der Waals surface area (Å²) in [6.45, 7) is 2.23. The van der Waals surface area contributed by atoms with E-state index in [-0.39, 0.29) is 0 Å². The smallest absolute Gasteiger partial charge is 0.0931 e. The summed E-state index contributed by atoms with van der Waals surface area (Å²) < 4.78 is 0. The van der Waals surface area contributed by atoms with Crippen LogP contribution in [0.25, 0.3) is 0 Å². The van der Waals surface area contributed by atoms with E-state index in [0.717, 1.165) is 0 Å². The fourth-order valence-corrected chi connectivity index (χ4v) is 0.256. The first kappa shape index (κ1) is 7.03. The van der Waals surface area contributed by atoms with E-state index in [1.54, 1.807) is 18.9 Å². The number of hydrogen-bond acceptors (Lipinski definition) is 1. The third-order valence-electron chi connectivity index (χ3n) is 0.901. The van der Waals surface area contributed by atoms with Crippen molar-refractivity contribution >= 4 is 5.84 Å². The summed E-state index contributed by atoms with van der Waals surface area (Å²) in [6, 6.07) is 0. The molecule has 0 radical (unpaired) electrons. The van der Waals surface area contributed by atoms with Crippen LogP contribution in [0.1, 0.15) is 6.92 Å². The Morgan fingerprint density at radius 3 is 2.50 bits per heavy atom. The quantitative estimate of drug-likeness (QED) is 0.298. The fourth-order valence-electron chi connectivity index (χ4n) is 0.256. The van der Waals surface area contributed by atoms with Crippen LogP contribution in [0.15, 0.2) is 0 Å². The highest BCUT2D eigenvalue weighted by Crippen LogP contribution is 1.79. The molecule has 0 spiro atoms. The molecular weight excluding hydrogens is 100 g/mol. The Kier molecular flexibility index (Phi) is 2.71. The molecule has 1 N–H and O–H groups in total. The van der Waals surface area contributed by atoms with Crippen LogP contribution in [0, 0.1) is 17.8 Å². The molecule has 0 saturated heterocycles. The molecule has 0 aliphatic rings. The van der Waals surface area contributed by atoms with Gasteiger partial charge in [0.1, 0.15) is 0 Å². The lowest BCUT2D eigenvalue weighted by Gasteiger charge is -2.11. The van der Waals surface area contributed by atoms with E-state index in [9.17, 15) is 0 Å². The van der Waals surface area contributed by atoms with Gasteiger partial charge in [-0.15, -0.1) is 6.42 Å². The molecule has 0 aromatic heterocycles. The molecule has 44 valence electrons. The van der Waals surface area contributed by atoms with Crippen molar-refractivity contribution in [3.63, 3.8) is 0 Å². The zero-order chi connectivity index (χ0) is 6.57. The standard InChI is InChI=1S/C6H10N2/c1-4-5-8(3)6(2)7/h1,7H,5H2,2-3H3. The maximum atomic E-state index is 7.03. The molecule has 2 heteroatoms. The molecular formula is C6H10N2. The average Bonchev–Trinajstić information content (AvgIpc) is 1.67. The van der Waals surface area contributed by atoms with Crippen molar-refractivity contribution in [2.45, 2.75) is 6.92 Å².